The molecule has 1 aliphatic carbocycles. The molecule has 0 radical (unpaired) electrons. The summed E-state index contributed by atoms with van der Waals surface area (Å²) >= 11 is 0. The second kappa shape index (κ2) is 6.20. The zero-order valence-electron chi connectivity index (χ0n) is 14.1. The van der Waals surface area contributed by atoms with Crippen molar-refractivity contribution in [2.24, 2.45) is 11.8 Å². The van der Waals surface area contributed by atoms with Crippen molar-refractivity contribution in [2.75, 3.05) is 5.32 Å². The van der Waals surface area contributed by atoms with Crippen LogP contribution in [0.5, 0.6) is 0 Å². The molecule has 1 N–H and O–H groups in total. The molecule has 4 rings (SSSR count). The third kappa shape index (κ3) is 3.03. The zero-order valence-corrected chi connectivity index (χ0v) is 14.1. The number of anilines is 1. The number of nitrogens with one attached hydrogen (secondary N) is 1. The van der Waals surface area contributed by atoms with Crippen LogP contribution in [0.3, 0.4) is 0 Å². The van der Waals surface area contributed by atoms with Crippen molar-refractivity contribution in [3.05, 3.63) is 29.6 Å². The van der Waals surface area contributed by atoms with Crippen LogP contribution in [0.15, 0.2) is 12.1 Å². The Bertz CT molecular complexity index is 833. The van der Waals surface area contributed by atoms with Crippen LogP contribution in [0.25, 0.3) is 11.4 Å². The Morgan fingerprint density at radius 2 is 2.00 bits per heavy atom. The lowest BCUT2D eigenvalue weighted by atomic mass is 10.1. The van der Waals surface area contributed by atoms with Crippen LogP contribution in [-0.2, 0) is 17.8 Å². The van der Waals surface area contributed by atoms with E-state index < -0.39 is 11.6 Å². The number of halogens is 2. The van der Waals surface area contributed by atoms with Gasteiger partial charge in [-0.3, -0.25) is 4.79 Å². The van der Waals surface area contributed by atoms with Gasteiger partial charge >= 0.3 is 0 Å². The van der Waals surface area contributed by atoms with Crippen LogP contribution in [0.4, 0.5) is 14.5 Å². The van der Waals surface area contributed by atoms with E-state index in [1.165, 1.54) is 6.07 Å². The van der Waals surface area contributed by atoms with E-state index >= 15 is 0 Å². The number of rotatable bonds is 3. The second-order valence-electron chi connectivity index (χ2n) is 7.02. The largest absolute Gasteiger partial charge is 0.323 e. The van der Waals surface area contributed by atoms with Crippen LogP contribution < -0.4 is 5.32 Å². The summed E-state index contributed by atoms with van der Waals surface area (Å²) in [4.78, 5) is 12.1. The quantitative estimate of drug-likeness (QED) is 0.925. The highest BCUT2D eigenvalue weighted by molar-refractivity contribution is 5.95. The lowest BCUT2D eigenvalue weighted by molar-refractivity contribution is -0.117. The first kappa shape index (κ1) is 16.2. The van der Waals surface area contributed by atoms with Crippen molar-refractivity contribution >= 4 is 11.6 Å². The van der Waals surface area contributed by atoms with Crippen LogP contribution in [0.2, 0.25) is 0 Å². The SMILES string of the molecule is C[C@@H]1C[C@@H]1C(=O)Nc1cc(-c2nnc3n2CCCCC3)c(F)cc1F. The van der Waals surface area contributed by atoms with Gasteiger partial charge in [-0.1, -0.05) is 13.3 Å². The van der Waals surface area contributed by atoms with Gasteiger partial charge in [0.2, 0.25) is 5.91 Å². The summed E-state index contributed by atoms with van der Waals surface area (Å²) < 4.78 is 30.4. The molecule has 2 atom stereocenters. The number of fused-ring (bicyclic) bond motifs is 1. The highest BCUT2D eigenvalue weighted by Gasteiger charge is 2.39. The molecule has 5 nitrogen and oxygen atoms in total. The van der Waals surface area contributed by atoms with Crippen LogP contribution in [0, 0.1) is 23.5 Å². The Labute approximate surface area is 144 Å². The first-order valence-corrected chi connectivity index (χ1v) is 8.77. The molecular formula is C18H20F2N4O. The molecule has 0 saturated heterocycles. The molecule has 1 aromatic heterocycles. The summed E-state index contributed by atoms with van der Waals surface area (Å²) in [5, 5.41) is 10.9. The lowest BCUT2D eigenvalue weighted by Gasteiger charge is -2.11. The van der Waals surface area contributed by atoms with Gasteiger partial charge < -0.3 is 9.88 Å². The molecule has 1 aromatic carbocycles. The molecule has 7 heteroatoms. The van der Waals surface area contributed by atoms with Gasteiger partial charge in [0.05, 0.1) is 11.3 Å². The minimum Gasteiger partial charge on any atom is -0.323 e. The van der Waals surface area contributed by atoms with E-state index in [9.17, 15) is 13.6 Å². The van der Waals surface area contributed by atoms with Crippen LogP contribution >= 0.6 is 0 Å². The van der Waals surface area contributed by atoms with Gasteiger partial charge in [0.25, 0.3) is 0 Å². The second-order valence-corrected chi connectivity index (χ2v) is 7.02. The van der Waals surface area contributed by atoms with Gasteiger partial charge in [0, 0.05) is 24.9 Å². The third-order valence-electron chi connectivity index (χ3n) is 5.11. The molecule has 25 heavy (non-hydrogen) atoms. The Morgan fingerprint density at radius 1 is 1.20 bits per heavy atom. The monoisotopic (exact) mass is 346 g/mol. The number of aryl methyl sites for hydroxylation is 1. The molecule has 2 aliphatic rings. The van der Waals surface area contributed by atoms with Crippen LogP contribution in [0.1, 0.15) is 38.4 Å². The fraction of sp³-hybridized carbons (Fsp3) is 0.500. The Balaban J connectivity index is 1.69. The van der Waals surface area contributed by atoms with Crippen molar-refractivity contribution in [2.45, 2.75) is 45.6 Å². The molecule has 132 valence electrons. The van der Waals surface area contributed by atoms with Crippen molar-refractivity contribution in [1.29, 1.82) is 0 Å². The molecule has 1 fully saturated rings. The van der Waals surface area contributed by atoms with E-state index in [0.29, 0.717) is 11.7 Å². The fourth-order valence-corrected chi connectivity index (χ4v) is 3.41. The molecule has 1 aliphatic heterocycles. The number of nitrogens with zero attached hydrogens (tertiary/aromatic N) is 3. The summed E-state index contributed by atoms with van der Waals surface area (Å²) in [6.45, 7) is 2.69. The maximum atomic E-state index is 14.4. The van der Waals surface area contributed by atoms with Crippen molar-refractivity contribution in [3.63, 3.8) is 0 Å². The predicted octanol–water partition coefficient (Wildman–Crippen LogP) is 3.54. The van der Waals surface area contributed by atoms with Gasteiger partial charge in [-0.15, -0.1) is 10.2 Å². The molecule has 1 amide bonds. The predicted molar refractivity (Wildman–Crippen MR) is 88.8 cm³/mol. The number of hydrogen-bond acceptors (Lipinski definition) is 3. The minimum atomic E-state index is -0.779. The molecule has 0 spiro atoms. The highest BCUT2D eigenvalue weighted by atomic mass is 19.1. The van der Waals surface area contributed by atoms with Gasteiger partial charge in [-0.05, 0) is 31.2 Å². The van der Waals surface area contributed by atoms with Crippen molar-refractivity contribution in [1.82, 2.24) is 14.8 Å². The normalized spacial score (nSPS) is 22.2. The third-order valence-corrected chi connectivity index (χ3v) is 5.11. The first-order valence-electron chi connectivity index (χ1n) is 8.77. The highest BCUT2D eigenvalue weighted by Crippen LogP contribution is 2.39. The van der Waals surface area contributed by atoms with Crippen molar-refractivity contribution in [3.8, 4) is 11.4 Å². The van der Waals surface area contributed by atoms with Crippen LogP contribution in [-0.4, -0.2) is 20.7 Å². The first-order chi connectivity index (χ1) is 12.0. The number of hydrogen-bond donors (Lipinski definition) is 1. The van der Waals surface area contributed by atoms with E-state index in [1.807, 2.05) is 11.5 Å². The Kier molecular flexibility index (Phi) is 4.01. The summed E-state index contributed by atoms with van der Waals surface area (Å²) in [6.07, 6.45) is 4.71. The van der Waals surface area contributed by atoms with Gasteiger partial charge in [-0.25, -0.2) is 8.78 Å². The van der Waals surface area contributed by atoms with Gasteiger partial charge in [0.1, 0.15) is 17.5 Å². The van der Waals surface area contributed by atoms with Gasteiger partial charge in [-0.2, -0.15) is 0 Å². The molecule has 2 aromatic rings. The fourth-order valence-electron chi connectivity index (χ4n) is 3.41. The van der Waals surface area contributed by atoms with E-state index in [4.69, 9.17) is 0 Å². The van der Waals surface area contributed by atoms with E-state index in [2.05, 4.69) is 15.5 Å². The maximum Gasteiger partial charge on any atom is 0.227 e. The molecule has 0 unspecified atom stereocenters. The smallest absolute Gasteiger partial charge is 0.227 e. The lowest BCUT2D eigenvalue weighted by Crippen LogP contribution is -2.16. The molecule has 0 bridgehead atoms. The molecule has 2 heterocycles. The standard InChI is InChI=1S/C18H20F2N4O/c1-10-7-11(10)18(25)21-15-8-12(13(19)9-14(15)20)17-23-22-16-5-3-2-4-6-24(16)17/h8-11H,2-7H2,1H3,(H,21,25)/t10-,11+/m1/s1. The Morgan fingerprint density at radius 3 is 2.76 bits per heavy atom. The summed E-state index contributed by atoms with van der Waals surface area (Å²) in [6, 6.07) is 2.14. The number of aromatic nitrogens is 3. The summed E-state index contributed by atoms with van der Waals surface area (Å²) in [5.74, 6) is -0.247. The number of carbonyl (C=O) groups is 1. The van der Waals surface area contributed by atoms with E-state index in [0.717, 1.165) is 50.5 Å². The molecular weight excluding hydrogens is 326 g/mol. The van der Waals surface area contributed by atoms with Gasteiger partial charge in [0.15, 0.2) is 5.82 Å². The average Bonchev–Trinajstić information content (AvgIpc) is 3.26. The summed E-state index contributed by atoms with van der Waals surface area (Å²) in [5.41, 5.74) is 0.160. The summed E-state index contributed by atoms with van der Waals surface area (Å²) in [7, 11) is 0. The number of carbonyl (C=O) groups excluding carboxylic acids is 1. The van der Waals surface area contributed by atoms with E-state index in [-0.39, 0.29) is 23.1 Å². The number of benzene rings is 1. The maximum absolute atomic E-state index is 14.4. The topological polar surface area (TPSA) is 59.8 Å². The van der Waals surface area contributed by atoms with Crippen molar-refractivity contribution < 1.29 is 13.6 Å². The number of amides is 1. The zero-order chi connectivity index (χ0) is 17.6. The average molecular weight is 346 g/mol. The Hall–Kier alpha value is -2.31. The minimum absolute atomic E-state index is 0.00790. The molecule has 1 saturated carbocycles. The van der Waals surface area contributed by atoms with E-state index in [1.54, 1.807) is 0 Å².